The molecule has 0 radical (unpaired) electrons. The third kappa shape index (κ3) is 6.54. The fraction of sp³-hybridized carbons (Fsp3) is 0.818. The number of unbranched alkanes of at least 4 members (excludes halogenated alkanes) is 3. The molecule has 3 heteroatoms. The van der Waals surface area contributed by atoms with Crippen LogP contribution in [0.25, 0.3) is 0 Å². The number of aliphatic hydroxyl groups is 2. The van der Waals surface area contributed by atoms with Gasteiger partial charge >= 0.3 is 0 Å². The number of allylic oxidation sites excluding steroid dienone is 2. The van der Waals surface area contributed by atoms with Gasteiger partial charge in [0.2, 0.25) is 0 Å². The fourth-order valence-corrected chi connectivity index (χ4v) is 4.51. The van der Waals surface area contributed by atoms with Gasteiger partial charge < -0.3 is 15.1 Å². The molecule has 2 rings (SSSR count). The van der Waals surface area contributed by atoms with E-state index in [0.717, 1.165) is 32.1 Å². The van der Waals surface area contributed by atoms with E-state index in [1.165, 1.54) is 32.2 Å². The number of hydrogen-bond acceptors (Lipinski definition) is 3. The van der Waals surface area contributed by atoms with E-state index in [1.807, 2.05) is 6.08 Å². The highest BCUT2D eigenvalue weighted by molar-refractivity contribution is 5.20. The monoisotopic (exact) mass is 349 g/mol. The van der Waals surface area contributed by atoms with Gasteiger partial charge in [-0.2, -0.15) is 0 Å². The molecule has 0 spiro atoms. The molecule has 0 unspecified atom stereocenters. The number of hydrogen-bond donors (Lipinski definition) is 2. The molecule has 0 amide bonds. The van der Waals surface area contributed by atoms with Crippen LogP contribution in [0.3, 0.4) is 0 Å². The highest BCUT2D eigenvalue weighted by Gasteiger charge is 2.43. The van der Waals surface area contributed by atoms with Crippen LogP contribution in [0, 0.1) is 17.8 Å². The van der Waals surface area contributed by atoms with Crippen molar-refractivity contribution in [2.75, 3.05) is 20.6 Å². The van der Waals surface area contributed by atoms with Crippen LogP contribution >= 0.6 is 0 Å². The second-order valence-electron chi connectivity index (χ2n) is 8.45. The molecule has 1 saturated carbocycles. The first-order valence-electron chi connectivity index (χ1n) is 10.4. The average molecular weight is 350 g/mol. The van der Waals surface area contributed by atoms with Crippen molar-refractivity contribution in [3.63, 3.8) is 0 Å². The topological polar surface area (TPSA) is 43.7 Å². The maximum Gasteiger partial charge on any atom is 0.0721 e. The first-order chi connectivity index (χ1) is 12.0. The maximum absolute atomic E-state index is 10.4. The molecule has 0 aromatic heterocycles. The highest BCUT2D eigenvalue weighted by atomic mass is 16.3. The zero-order valence-electron chi connectivity index (χ0n) is 16.5. The molecule has 0 bridgehead atoms. The van der Waals surface area contributed by atoms with Crippen molar-refractivity contribution in [2.45, 2.75) is 76.9 Å². The fourth-order valence-electron chi connectivity index (χ4n) is 4.51. The second-order valence-corrected chi connectivity index (χ2v) is 8.45. The van der Waals surface area contributed by atoms with Crippen LogP contribution in [-0.2, 0) is 0 Å². The Kier molecular flexibility index (Phi) is 8.68. The molecule has 1 fully saturated rings. The van der Waals surface area contributed by atoms with Crippen molar-refractivity contribution in [3.05, 3.63) is 23.8 Å². The lowest BCUT2D eigenvalue weighted by molar-refractivity contribution is 0.139. The third-order valence-corrected chi connectivity index (χ3v) is 5.96. The van der Waals surface area contributed by atoms with Gasteiger partial charge in [-0.05, 0) is 71.0 Å². The molecular weight excluding hydrogens is 310 g/mol. The Balaban J connectivity index is 1.76. The van der Waals surface area contributed by atoms with Crippen LogP contribution in [-0.4, -0.2) is 48.0 Å². The van der Waals surface area contributed by atoms with Crippen molar-refractivity contribution in [3.8, 4) is 0 Å². The Bertz CT molecular complexity index is 443. The normalized spacial score (nSPS) is 30.2. The van der Waals surface area contributed by atoms with Gasteiger partial charge in [0.25, 0.3) is 0 Å². The van der Waals surface area contributed by atoms with E-state index >= 15 is 0 Å². The molecule has 144 valence electrons. The van der Waals surface area contributed by atoms with Crippen molar-refractivity contribution in [1.29, 1.82) is 0 Å². The van der Waals surface area contributed by atoms with Gasteiger partial charge in [0.15, 0.2) is 0 Å². The van der Waals surface area contributed by atoms with Gasteiger partial charge in [0.1, 0.15) is 0 Å². The predicted octanol–water partition coefficient (Wildman–Crippen LogP) is 4.16. The summed E-state index contributed by atoms with van der Waals surface area (Å²) < 4.78 is 0. The summed E-state index contributed by atoms with van der Waals surface area (Å²) in [4.78, 5) is 2.26. The Hall–Kier alpha value is -0.640. The molecule has 3 nitrogen and oxygen atoms in total. The van der Waals surface area contributed by atoms with Crippen LogP contribution in [0.5, 0.6) is 0 Å². The van der Waals surface area contributed by atoms with Crippen molar-refractivity contribution >= 4 is 0 Å². The van der Waals surface area contributed by atoms with E-state index in [-0.39, 0.29) is 18.1 Å². The minimum atomic E-state index is -0.350. The molecular formula is C22H39NO2. The van der Waals surface area contributed by atoms with Crippen molar-refractivity contribution < 1.29 is 10.2 Å². The van der Waals surface area contributed by atoms with Gasteiger partial charge in [-0.1, -0.05) is 50.0 Å². The van der Waals surface area contributed by atoms with E-state index in [4.69, 9.17) is 0 Å². The second kappa shape index (κ2) is 10.5. The molecule has 2 N–H and O–H groups in total. The predicted molar refractivity (Wildman–Crippen MR) is 105 cm³/mol. The summed E-state index contributed by atoms with van der Waals surface area (Å²) in [6.07, 6.45) is 16.1. The van der Waals surface area contributed by atoms with Gasteiger partial charge in [0, 0.05) is 5.92 Å². The molecule has 2 aliphatic carbocycles. The van der Waals surface area contributed by atoms with E-state index in [0.29, 0.717) is 11.8 Å². The standard InChI is InChI=1S/C22H39NO2/c1-4-5-10-19(24)11-12-20-21-15-17(14-18(21)16-22(20)25)9-7-6-8-13-23(2)3/h11-12,14,18-22,24-25H,4-10,13,15-16H2,1-3H3/t18-,19+,20+,21-,22+/m0/s1. The summed E-state index contributed by atoms with van der Waals surface area (Å²) in [5.74, 6) is 1.33. The van der Waals surface area contributed by atoms with Crippen molar-refractivity contribution in [1.82, 2.24) is 4.90 Å². The maximum atomic E-state index is 10.4. The Morgan fingerprint density at radius 1 is 1.24 bits per heavy atom. The zero-order chi connectivity index (χ0) is 18.2. The summed E-state index contributed by atoms with van der Waals surface area (Å²) in [6.45, 7) is 3.33. The van der Waals surface area contributed by atoms with Crippen LogP contribution < -0.4 is 0 Å². The largest absolute Gasteiger partial charge is 0.392 e. The summed E-state index contributed by atoms with van der Waals surface area (Å²) in [5.41, 5.74) is 1.61. The lowest BCUT2D eigenvalue weighted by atomic mass is 9.88. The molecule has 0 saturated heterocycles. The molecule has 25 heavy (non-hydrogen) atoms. The van der Waals surface area contributed by atoms with Crippen molar-refractivity contribution in [2.24, 2.45) is 17.8 Å². The molecule has 0 aromatic rings. The third-order valence-electron chi connectivity index (χ3n) is 5.96. The average Bonchev–Trinajstić information content (AvgIpc) is 3.07. The van der Waals surface area contributed by atoms with Crippen LogP contribution in [0.15, 0.2) is 23.8 Å². The molecule has 0 aliphatic heterocycles. The SMILES string of the molecule is CCCC[C@@H](O)C=C[C@@H]1[C@H]2CC(CCCCCN(C)C)=C[C@H]2C[C@H]1O. The van der Waals surface area contributed by atoms with E-state index in [2.05, 4.69) is 38.1 Å². The molecule has 0 aromatic carbocycles. The minimum Gasteiger partial charge on any atom is -0.392 e. The van der Waals surface area contributed by atoms with Gasteiger partial charge in [0.05, 0.1) is 12.2 Å². The van der Waals surface area contributed by atoms with Gasteiger partial charge in [-0.15, -0.1) is 0 Å². The van der Waals surface area contributed by atoms with E-state index in [1.54, 1.807) is 5.57 Å². The van der Waals surface area contributed by atoms with Crippen LogP contribution in [0.2, 0.25) is 0 Å². The Morgan fingerprint density at radius 2 is 2.04 bits per heavy atom. The Morgan fingerprint density at radius 3 is 2.76 bits per heavy atom. The summed E-state index contributed by atoms with van der Waals surface area (Å²) in [5, 5.41) is 20.4. The van der Waals surface area contributed by atoms with E-state index in [9.17, 15) is 10.2 Å². The first-order valence-corrected chi connectivity index (χ1v) is 10.4. The zero-order valence-corrected chi connectivity index (χ0v) is 16.5. The molecule has 2 aliphatic rings. The first kappa shape index (κ1) is 20.7. The minimum absolute atomic E-state index is 0.226. The lowest BCUT2D eigenvalue weighted by Crippen LogP contribution is -2.18. The smallest absolute Gasteiger partial charge is 0.0721 e. The quantitative estimate of drug-likeness (QED) is 0.435. The van der Waals surface area contributed by atoms with E-state index < -0.39 is 0 Å². The number of rotatable bonds is 11. The summed E-state index contributed by atoms with van der Waals surface area (Å²) in [7, 11) is 4.28. The van der Waals surface area contributed by atoms with Crippen LogP contribution in [0.4, 0.5) is 0 Å². The van der Waals surface area contributed by atoms with Gasteiger partial charge in [-0.25, -0.2) is 0 Å². The lowest BCUT2D eigenvalue weighted by Gasteiger charge is -2.19. The Labute approximate surface area is 154 Å². The van der Waals surface area contributed by atoms with Gasteiger partial charge in [-0.3, -0.25) is 0 Å². The molecule has 0 heterocycles. The summed E-state index contributed by atoms with van der Waals surface area (Å²) in [6, 6.07) is 0. The highest BCUT2D eigenvalue weighted by Crippen LogP contribution is 2.48. The number of aliphatic hydroxyl groups excluding tert-OH is 2. The summed E-state index contributed by atoms with van der Waals surface area (Å²) >= 11 is 0. The van der Waals surface area contributed by atoms with Crippen LogP contribution in [0.1, 0.15) is 64.7 Å². The number of nitrogens with zero attached hydrogens (tertiary/aromatic N) is 1. The molecule has 5 atom stereocenters. The number of fused-ring (bicyclic) bond motifs is 1.